The van der Waals surface area contributed by atoms with Gasteiger partial charge in [-0.3, -0.25) is 18.6 Å². The Labute approximate surface area is 365 Å². The number of allylic oxidation sites excluding steroid dienone is 1. The van der Waals surface area contributed by atoms with Crippen LogP contribution >= 0.6 is 7.82 Å². The van der Waals surface area contributed by atoms with Gasteiger partial charge in [-0.15, -0.1) is 0 Å². The fraction of sp³-hybridized carbons (Fsp3) is 0.833. The molecule has 0 radical (unpaired) electrons. The first-order valence-corrected chi connectivity index (χ1v) is 25.4. The van der Waals surface area contributed by atoms with Crippen molar-refractivity contribution in [3.8, 4) is 0 Å². The zero-order valence-corrected chi connectivity index (χ0v) is 40.0. The number of unbranched alkanes of at least 4 members (excludes halogenated alkanes) is 16. The number of quaternary nitrogens is 1. The number of hydrogen-bond acceptors (Lipinski definition) is 9. The second kappa shape index (κ2) is 31.8. The van der Waals surface area contributed by atoms with Gasteiger partial charge < -0.3 is 28.0 Å². The van der Waals surface area contributed by atoms with Crippen LogP contribution in [0, 0.1) is 13.8 Å². The van der Waals surface area contributed by atoms with Gasteiger partial charge in [0.2, 0.25) is 0 Å². The summed E-state index contributed by atoms with van der Waals surface area (Å²) in [6, 6.07) is 0. The molecule has 2 heterocycles. The number of furan rings is 1. The minimum absolute atomic E-state index is 0.0207. The molecule has 1 saturated heterocycles. The highest BCUT2D eigenvalue weighted by Crippen LogP contribution is 2.43. The van der Waals surface area contributed by atoms with Crippen LogP contribution in [-0.4, -0.2) is 87.1 Å². The Hall–Kier alpha value is -2.01. The molecule has 348 valence electrons. The number of likely N-dealkylation sites (N-methyl/N-ethyl adjacent to an activating group) is 1. The Balaban J connectivity index is 1.62. The van der Waals surface area contributed by atoms with Crippen LogP contribution < -0.4 is 0 Å². The van der Waals surface area contributed by atoms with E-state index in [0.717, 1.165) is 89.2 Å². The lowest BCUT2D eigenvalue weighted by atomic mass is 10.0. The lowest BCUT2D eigenvalue weighted by Crippen LogP contribution is -2.37. The van der Waals surface area contributed by atoms with E-state index in [-0.39, 0.29) is 26.1 Å². The Morgan fingerprint density at radius 1 is 0.700 bits per heavy atom. The third-order valence-corrected chi connectivity index (χ3v) is 12.4. The highest BCUT2D eigenvalue weighted by atomic mass is 31.2. The van der Waals surface area contributed by atoms with Crippen LogP contribution in [0.15, 0.2) is 16.6 Å². The fourth-order valence-corrected chi connectivity index (χ4v) is 8.00. The quantitative estimate of drug-likeness (QED) is 0.0170. The van der Waals surface area contributed by atoms with E-state index >= 15 is 0 Å². The first kappa shape index (κ1) is 54.1. The minimum atomic E-state index is -4.40. The number of ether oxygens (including phenoxy) is 3. The minimum Gasteiger partial charge on any atom is -0.466 e. The van der Waals surface area contributed by atoms with Gasteiger partial charge in [0.15, 0.2) is 6.10 Å². The zero-order chi connectivity index (χ0) is 44.1. The van der Waals surface area contributed by atoms with Crippen molar-refractivity contribution in [2.24, 2.45) is 0 Å². The van der Waals surface area contributed by atoms with Gasteiger partial charge in [-0.05, 0) is 76.3 Å². The highest BCUT2D eigenvalue weighted by molar-refractivity contribution is 7.47. The Morgan fingerprint density at radius 2 is 1.25 bits per heavy atom. The molecular weight excluding hydrogens is 781 g/mol. The molecule has 1 N–H and O–H groups in total. The summed E-state index contributed by atoms with van der Waals surface area (Å²) in [6.45, 7) is 8.68. The van der Waals surface area contributed by atoms with Crippen molar-refractivity contribution in [3.63, 3.8) is 0 Å². The molecule has 0 aromatic carbocycles. The van der Waals surface area contributed by atoms with Crippen molar-refractivity contribution in [1.82, 2.24) is 0 Å². The number of epoxide rings is 1. The van der Waals surface area contributed by atoms with Gasteiger partial charge in [0.05, 0.1) is 40.0 Å². The topological polar surface area (TPSA) is 134 Å². The van der Waals surface area contributed by atoms with Gasteiger partial charge >= 0.3 is 19.8 Å². The number of phosphoric acid groups is 1. The highest BCUT2D eigenvalue weighted by Gasteiger charge is 2.36. The third kappa shape index (κ3) is 27.1. The van der Waals surface area contributed by atoms with E-state index in [1.807, 2.05) is 21.1 Å². The van der Waals surface area contributed by atoms with Crippen LogP contribution in [-0.2, 0) is 50.3 Å². The summed E-state index contributed by atoms with van der Waals surface area (Å²) in [6.07, 6.45) is 30.9. The second-order valence-corrected chi connectivity index (χ2v) is 19.6. The molecule has 0 saturated carbocycles. The molecule has 12 heteroatoms. The van der Waals surface area contributed by atoms with E-state index in [4.69, 9.17) is 27.7 Å². The van der Waals surface area contributed by atoms with Gasteiger partial charge in [-0.1, -0.05) is 116 Å². The average Bonchev–Trinajstić information content (AvgIpc) is 3.89. The zero-order valence-electron chi connectivity index (χ0n) is 39.1. The summed E-state index contributed by atoms with van der Waals surface area (Å²) >= 11 is 0. The number of esters is 2. The standard InChI is InChI=1S/C48H86NO10P/c1-8-10-12-13-19-26-32-45-46(59-45)33-27-21-18-23-28-34-47(50)54-38-42(39-56-60(52,53)55-37-36-49(5,6)7)57-48(51)35-29-22-17-15-14-16-20-25-31-44-41(4)40(3)43(58-44)30-24-11-9-2/h19,26,42,45-46H,8-18,20-25,27-39H2,1-7H3/p+1/b26-19-/t42-,45?,46?/m1/s1. The number of nitrogens with zero attached hydrogens (tertiary/aromatic N) is 1. The number of carbonyl (C=O) groups is 2. The summed E-state index contributed by atoms with van der Waals surface area (Å²) in [5, 5.41) is 0. The van der Waals surface area contributed by atoms with E-state index in [1.165, 1.54) is 74.7 Å². The monoisotopic (exact) mass is 869 g/mol. The number of hydrogen-bond donors (Lipinski definition) is 1. The molecular formula is C48H87NO10P+. The van der Waals surface area contributed by atoms with Crippen LogP contribution in [0.4, 0.5) is 0 Å². The SMILES string of the molecule is CCCCC/C=C\CC1OC1CCCCCCCC(=O)OC[C@H](COP(=O)(O)OCC[N+](C)(C)C)OC(=O)CCCCCCCCCCc1oc(CCCCC)c(C)c1C. The summed E-state index contributed by atoms with van der Waals surface area (Å²) in [4.78, 5) is 35.6. The number of carbonyl (C=O) groups excluding carboxylic acids is 2. The molecule has 1 aromatic heterocycles. The van der Waals surface area contributed by atoms with E-state index in [9.17, 15) is 19.0 Å². The predicted molar refractivity (Wildman–Crippen MR) is 241 cm³/mol. The van der Waals surface area contributed by atoms with E-state index < -0.39 is 32.5 Å². The normalized spacial score (nSPS) is 16.9. The van der Waals surface area contributed by atoms with Crippen molar-refractivity contribution in [2.75, 3.05) is 47.5 Å². The number of phosphoric ester groups is 1. The molecule has 1 fully saturated rings. The van der Waals surface area contributed by atoms with E-state index in [1.54, 1.807) is 0 Å². The molecule has 0 bridgehead atoms. The predicted octanol–water partition coefficient (Wildman–Crippen LogP) is 12.0. The maximum Gasteiger partial charge on any atom is 0.472 e. The smallest absolute Gasteiger partial charge is 0.466 e. The van der Waals surface area contributed by atoms with Crippen LogP contribution in [0.2, 0.25) is 0 Å². The van der Waals surface area contributed by atoms with E-state index in [0.29, 0.717) is 36.1 Å². The molecule has 0 aliphatic carbocycles. The molecule has 3 unspecified atom stereocenters. The summed E-state index contributed by atoms with van der Waals surface area (Å²) in [7, 11) is 1.44. The Morgan fingerprint density at radius 3 is 1.87 bits per heavy atom. The van der Waals surface area contributed by atoms with Crippen molar-refractivity contribution in [3.05, 3.63) is 34.8 Å². The van der Waals surface area contributed by atoms with Crippen molar-refractivity contribution in [1.29, 1.82) is 0 Å². The third-order valence-electron chi connectivity index (χ3n) is 11.4. The molecule has 1 aliphatic heterocycles. The van der Waals surface area contributed by atoms with Crippen molar-refractivity contribution in [2.45, 2.75) is 213 Å². The molecule has 2 rings (SSSR count). The molecule has 1 aromatic rings. The summed E-state index contributed by atoms with van der Waals surface area (Å²) in [5.41, 5.74) is 2.66. The lowest BCUT2D eigenvalue weighted by Gasteiger charge is -2.24. The van der Waals surface area contributed by atoms with Gasteiger partial charge in [-0.2, -0.15) is 0 Å². The van der Waals surface area contributed by atoms with Crippen LogP contribution in [0.5, 0.6) is 0 Å². The molecule has 1 aliphatic rings. The summed E-state index contributed by atoms with van der Waals surface area (Å²) in [5.74, 6) is 1.50. The van der Waals surface area contributed by atoms with Gasteiger partial charge in [-0.25, -0.2) is 4.57 Å². The molecule has 11 nitrogen and oxygen atoms in total. The maximum absolute atomic E-state index is 12.8. The largest absolute Gasteiger partial charge is 0.472 e. The second-order valence-electron chi connectivity index (χ2n) is 18.1. The Kier molecular flexibility index (Phi) is 28.7. The van der Waals surface area contributed by atoms with Crippen molar-refractivity contribution < 1.29 is 51.2 Å². The number of aryl methyl sites for hydroxylation is 2. The van der Waals surface area contributed by atoms with Crippen LogP contribution in [0.25, 0.3) is 0 Å². The first-order valence-electron chi connectivity index (χ1n) is 23.9. The summed E-state index contributed by atoms with van der Waals surface area (Å²) < 4.78 is 46.5. The Bertz CT molecular complexity index is 1370. The van der Waals surface area contributed by atoms with Gasteiger partial charge in [0.25, 0.3) is 0 Å². The lowest BCUT2D eigenvalue weighted by molar-refractivity contribution is -0.870. The van der Waals surface area contributed by atoms with Gasteiger partial charge in [0, 0.05) is 25.7 Å². The van der Waals surface area contributed by atoms with Crippen LogP contribution in [0.3, 0.4) is 0 Å². The molecule has 0 spiro atoms. The van der Waals surface area contributed by atoms with Crippen molar-refractivity contribution >= 4 is 19.8 Å². The maximum atomic E-state index is 12.8. The van der Waals surface area contributed by atoms with Gasteiger partial charge in [0.1, 0.15) is 31.3 Å². The number of rotatable bonds is 39. The van der Waals surface area contributed by atoms with Crippen LogP contribution in [0.1, 0.15) is 191 Å². The van der Waals surface area contributed by atoms with E-state index in [2.05, 4.69) is 39.8 Å². The fourth-order valence-electron chi connectivity index (χ4n) is 7.26. The average molecular weight is 869 g/mol. The molecule has 4 atom stereocenters. The first-order chi connectivity index (χ1) is 28.7. The molecule has 60 heavy (non-hydrogen) atoms. The molecule has 0 amide bonds.